The second-order valence-electron chi connectivity index (χ2n) is 4.40. The molecule has 0 amide bonds. The first-order chi connectivity index (χ1) is 10.3. The lowest BCUT2D eigenvalue weighted by molar-refractivity contribution is 0.567. The minimum Gasteiger partial charge on any atom is -0.446 e. The third kappa shape index (κ3) is 2.51. The number of benzene rings is 1. The third-order valence-electron chi connectivity index (χ3n) is 3.07. The predicted octanol–water partition coefficient (Wildman–Crippen LogP) is 3.75. The molecule has 0 atom stereocenters. The fourth-order valence-corrected chi connectivity index (χ4v) is 1.98. The van der Waals surface area contributed by atoms with Gasteiger partial charge in [-0.25, -0.2) is 0 Å². The van der Waals surface area contributed by atoms with Crippen molar-refractivity contribution in [1.82, 2.24) is 4.98 Å². The van der Waals surface area contributed by atoms with Crippen LogP contribution in [0.3, 0.4) is 0 Å². The quantitative estimate of drug-likeness (QED) is 0.711. The molecular weight excluding hydrogens is 262 g/mol. The highest BCUT2D eigenvalue weighted by molar-refractivity contribution is 5.64. The van der Waals surface area contributed by atoms with Gasteiger partial charge < -0.3 is 4.42 Å². The SMILES string of the molecule is N#Cc1ccc(-c2ccc(-c3ccc(C#N)o3)cn2)cc1. The van der Waals surface area contributed by atoms with E-state index >= 15 is 0 Å². The molecule has 0 unspecified atom stereocenters. The lowest BCUT2D eigenvalue weighted by Crippen LogP contribution is -1.84. The molecule has 4 heteroatoms. The molecule has 0 fully saturated rings. The van der Waals surface area contributed by atoms with Crippen LogP contribution in [0.4, 0.5) is 0 Å². The first-order valence-electron chi connectivity index (χ1n) is 6.27. The molecule has 0 aliphatic rings. The highest BCUT2D eigenvalue weighted by Crippen LogP contribution is 2.24. The van der Waals surface area contributed by atoms with E-state index in [1.54, 1.807) is 30.5 Å². The summed E-state index contributed by atoms with van der Waals surface area (Å²) in [7, 11) is 0. The molecule has 0 aliphatic carbocycles. The van der Waals surface area contributed by atoms with Crippen molar-refractivity contribution in [3.8, 4) is 34.7 Å². The molecule has 0 radical (unpaired) electrons. The van der Waals surface area contributed by atoms with Crippen molar-refractivity contribution >= 4 is 0 Å². The van der Waals surface area contributed by atoms with Crippen LogP contribution in [0.25, 0.3) is 22.6 Å². The molecule has 0 bridgehead atoms. The molecule has 0 N–H and O–H groups in total. The number of nitrogens with zero attached hydrogens (tertiary/aromatic N) is 3. The van der Waals surface area contributed by atoms with E-state index in [0.29, 0.717) is 11.3 Å². The van der Waals surface area contributed by atoms with Crippen LogP contribution in [0.15, 0.2) is 59.1 Å². The Morgan fingerprint density at radius 3 is 2.14 bits per heavy atom. The van der Waals surface area contributed by atoms with Crippen LogP contribution in [0.2, 0.25) is 0 Å². The Labute approximate surface area is 121 Å². The summed E-state index contributed by atoms with van der Waals surface area (Å²) in [6.07, 6.45) is 1.70. The average molecular weight is 271 g/mol. The van der Waals surface area contributed by atoms with E-state index in [1.807, 2.05) is 30.3 Å². The summed E-state index contributed by atoms with van der Waals surface area (Å²) >= 11 is 0. The number of rotatable bonds is 2. The molecule has 3 aromatic rings. The van der Waals surface area contributed by atoms with Crippen LogP contribution in [-0.4, -0.2) is 4.98 Å². The number of hydrogen-bond acceptors (Lipinski definition) is 4. The molecule has 2 aromatic heterocycles. The van der Waals surface area contributed by atoms with Crippen molar-refractivity contribution in [2.24, 2.45) is 0 Å². The number of nitriles is 2. The van der Waals surface area contributed by atoms with Gasteiger partial charge in [0.05, 0.1) is 17.3 Å². The molecule has 1 aromatic carbocycles. The lowest BCUT2D eigenvalue weighted by Gasteiger charge is -2.02. The topological polar surface area (TPSA) is 73.6 Å². The zero-order valence-electron chi connectivity index (χ0n) is 10.9. The van der Waals surface area contributed by atoms with Crippen LogP contribution in [0.1, 0.15) is 11.3 Å². The molecular formula is C17H9N3O. The first-order valence-corrected chi connectivity index (χ1v) is 6.27. The van der Waals surface area contributed by atoms with Crippen molar-refractivity contribution in [2.45, 2.75) is 0 Å². The summed E-state index contributed by atoms with van der Waals surface area (Å²) in [6, 6.07) is 18.4. The Balaban J connectivity index is 1.90. The largest absolute Gasteiger partial charge is 0.446 e. The van der Waals surface area contributed by atoms with Gasteiger partial charge in [0, 0.05) is 17.3 Å². The van der Waals surface area contributed by atoms with Crippen LogP contribution >= 0.6 is 0 Å². The van der Waals surface area contributed by atoms with E-state index < -0.39 is 0 Å². The average Bonchev–Trinajstić information content (AvgIpc) is 3.04. The van der Waals surface area contributed by atoms with Crippen molar-refractivity contribution in [3.05, 3.63) is 66.1 Å². The zero-order chi connectivity index (χ0) is 14.7. The predicted molar refractivity (Wildman–Crippen MR) is 76.8 cm³/mol. The second kappa shape index (κ2) is 5.32. The van der Waals surface area contributed by atoms with Gasteiger partial charge in [-0.1, -0.05) is 12.1 Å². The molecule has 21 heavy (non-hydrogen) atoms. The van der Waals surface area contributed by atoms with E-state index in [0.717, 1.165) is 16.8 Å². The number of furan rings is 1. The molecule has 0 saturated heterocycles. The maximum atomic E-state index is 8.78. The van der Waals surface area contributed by atoms with Gasteiger partial charge >= 0.3 is 0 Å². The number of pyridine rings is 1. The first kappa shape index (κ1) is 12.7. The summed E-state index contributed by atoms with van der Waals surface area (Å²) in [4.78, 5) is 4.39. The maximum absolute atomic E-state index is 8.78. The van der Waals surface area contributed by atoms with Crippen molar-refractivity contribution < 1.29 is 4.42 Å². The van der Waals surface area contributed by atoms with Gasteiger partial charge in [0.1, 0.15) is 11.8 Å². The van der Waals surface area contributed by atoms with Gasteiger partial charge in [-0.05, 0) is 36.4 Å². The monoisotopic (exact) mass is 271 g/mol. The van der Waals surface area contributed by atoms with E-state index in [4.69, 9.17) is 14.9 Å². The Morgan fingerprint density at radius 2 is 1.57 bits per heavy atom. The standard InChI is InChI=1S/C17H9N3O/c18-9-12-1-3-13(4-2-12)16-7-5-14(11-20-16)17-8-6-15(10-19)21-17/h1-8,11H. The molecule has 2 heterocycles. The Hall–Kier alpha value is -3.37. The molecule has 98 valence electrons. The van der Waals surface area contributed by atoms with Gasteiger partial charge in [0.25, 0.3) is 0 Å². The highest BCUT2D eigenvalue weighted by Gasteiger charge is 2.06. The molecule has 4 nitrogen and oxygen atoms in total. The van der Waals surface area contributed by atoms with Crippen molar-refractivity contribution in [3.63, 3.8) is 0 Å². The minimum atomic E-state index is 0.279. The van der Waals surface area contributed by atoms with Gasteiger partial charge in [0.2, 0.25) is 5.76 Å². The normalized spacial score (nSPS) is 9.81. The van der Waals surface area contributed by atoms with Crippen molar-refractivity contribution in [1.29, 1.82) is 10.5 Å². The van der Waals surface area contributed by atoms with Gasteiger partial charge in [0.15, 0.2) is 0 Å². The van der Waals surface area contributed by atoms with Gasteiger partial charge in [-0.15, -0.1) is 0 Å². The van der Waals surface area contributed by atoms with Gasteiger partial charge in [-0.2, -0.15) is 10.5 Å². The van der Waals surface area contributed by atoms with Crippen LogP contribution < -0.4 is 0 Å². The summed E-state index contributed by atoms with van der Waals surface area (Å²) < 4.78 is 5.36. The second-order valence-corrected chi connectivity index (χ2v) is 4.40. The number of hydrogen-bond donors (Lipinski definition) is 0. The summed E-state index contributed by atoms with van der Waals surface area (Å²) in [5.74, 6) is 0.895. The van der Waals surface area contributed by atoms with E-state index in [1.165, 1.54) is 0 Å². The Kier molecular flexibility index (Phi) is 3.21. The van der Waals surface area contributed by atoms with Crippen LogP contribution in [-0.2, 0) is 0 Å². The zero-order valence-corrected chi connectivity index (χ0v) is 10.9. The summed E-state index contributed by atoms with van der Waals surface area (Å²) in [5.41, 5.74) is 3.19. The fraction of sp³-hybridized carbons (Fsp3) is 0. The van der Waals surface area contributed by atoms with E-state index in [2.05, 4.69) is 11.1 Å². The van der Waals surface area contributed by atoms with Crippen LogP contribution in [0, 0.1) is 22.7 Å². The molecule has 0 saturated carbocycles. The highest BCUT2D eigenvalue weighted by atomic mass is 16.3. The molecule has 0 aliphatic heterocycles. The lowest BCUT2D eigenvalue weighted by atomic mass is 10.1. The third-order valence-corrected chi connectivity index (χ3v) is 3.07. The Morgan fingerprint density at radius 1 is 0.810 bits per heavy atom. The molecule has 0 spiro atoms. The molecule has 3 rings (SSSR count). The summed E-state index contributed by atoms with van der Waals surface area (Å²) in [6.45, 7) is 0. The maximum Gasteiger partial charge on any atom is 0.204 e. The van der Waals surface area contributed by atoms with E-state index in [9.17, 15) is 0 Å². The van der Waals surface area contributed by atoms with Gasteiger partial charge in [-0.3, -0.25) is 4.98 Å². The van der Waals surface area contributed by atoms with Crippen molar-refractivity contribution in [2.75, 3.05) is 0 Å². The smallest absolute Gasteiger partial charge is 0.204 e. The van der Waals surface area contributed by atoms with Crippen LogP contribution in [0.5, 0.6) is 0 Å². The minimum absolute atomic E-state index is 0.279. The summed E-state index contributed by atoms with van der Waals surface area (Å²) in [5, 5.41) is 17.5. The van der Waals surface area contributed by atoms with E-state index in [-0.39, 0.29) is 5.76 Å². The fourth-order valence-electron chi connectivity index (χ4n) is 1.98. The Bertz CT molecular complexity index is 847. The number of aromatic nitrogens is 1.